The van der Waals surface area contributed by atoms with Gasteiger partial charge in [-0.2, -0.15) is 11.3 Å². The summed E-state index contributed by atoms with van der Waals surface area (Å²) in [6, 6.07) is 2.14. The van der Waals surface area contributed by atoms with E-state index in [1.165, 1.54) is 18.1 Å². The third kappa shape index (κ3) is 4.04. The normalized spacial score (nSPS) is 17.3. The van der Waals surface area contributed by atoms with Crippen molar-refractivity contribution in [1.29, 1.82) is 0 Å². The summed E-state index contributed by atoms with van der Waals surface area (Å²) in [6.07, 6.45) is 3.00. The first-order valence-corrected chi connectivity index (χ1v) is 9.86. The van der Waals surface area contributed by atoms with E-state index in [9.17, 15) is 9.00 Å². The molecule has 3 rings (SSSR count). The number of carbonyl (C=O) groups is 1. The summed E-state index contributed by atoms with van der Waals surface area (Å²) in [5.41, 5.74) is 1.33. The number of nitrogens with zero attached hydrogens (tertiary/aromatic N) is 5. The zero-order valence-electron chi connectivity index (χ0n) is 12.9. The minimum absolute atomic E-state index is 0.0201. The molecule has 124 valence electrons. The molecule has 2 aromatic heterocycles. The summed E-state index contributed by atoms with van der Waals surface area (Å²) in [7, 11) is -1.24. The zero-order valence-corrected chi connectivity index (χ0v) is 14.6. The third-order valence-electron chi connectivity index (χ3n) is 3.85. The maximum absolute atomic E-state index is 12.4. The van der Waals surface area contributed by atoms with Gasteiger partial charge in [0.15, 0.2) is 0 Å². The van der Waals surface area contributed by atoms with Gasteiger partial charge in [0, 0.05) is 39.0 Å². The van der Waals surface area contributed by atoms with Gasteiger partial charge in [0.25, 0.3) is 0 Å². The van der Waals surface area contributed by atoms with Crippen molar-refractivity contribution in [3.63, 3.8) is 0 Å². The van der Waals surface area contributed by atoms with Crippen LogP contribution in [0, 0.1) is 0 Å². The van der Waals surface area contributed by atoms with Gasteiger partial charge in [-0.15, -0.1) is 10.2 Å². The van der Waals surface area contributed by atoms with Gasteiger partial charge in [-0.05, 0) is 22.4 Å². The Bertz CT molecular complexity index is 677. The first-order valence-electron chi connectivity index (χ1n) is 7.36. The molecule has 0 bridgehead atoms. The minimum atomic E-state index is -1.24. The van der Waals surface area contributed by atoms with Crippen LogP contribution in [0.2, 0.25) is 0 Å². The quantitative estimate of drug-likeness (QED) is 0.779. The van der Waals surface area contributed by atoms with E-state index in [0.717, 1.165) is 32.7 Å². The molecular formula is C14H19N5O2S2. The summed E-state index contributed by atoms with van der Waals surface area (Å²) >= 11 is 1.71. The fourth-order valence-corrected chi connectivity index (χ4v) is 3.88. The largest absolute Gasteiger partial charge is 0.339 e. The Morgan fingerprint density at radius 1 is 1.35 bits per heavy atom. The monoisotopic (exact) mass is 353 g/mol. The predicted molar refractivity (Wildman–Crippen MR) is 88.5 cm³/mol. The predicted octanol–water partition coefficient (Wildman–Crippen LogP) is 0.421. The summed E-state index contributed by atoms with van der Waals surface area (Å²) in [4.78, 5) is 16.6. The Balaban J connectivity index is 1.52. The average molecular weight is 353 g/mol. The van der Waals surface area contributed by atoms with E-state index in [-0.39, 0.29) is 12.5 Å². The molecule has 1 unspecified atom stereocenters. The van der Waals surface area contributed by atoms with E-state index in [4.69, 9.17) is 0 Å². The van der Waals surface area contributed by atoms with Crippen LogP contribution in [0.1, 0.15) is 5.56 Å². The van der Waals surface area contributed by atoms with Crippen molar-refractivity contribution in [2.24, 2.45) is 0 Å². The standard InChI is InChI=1S/C14H19N5O2S2/c1-23(21)14-16-15-11-19(14)9-13(20)18-5-3-17(4-6-18)8-12-2-7-22-10-12/h2,7,10-11H,3-6,8-9H2,1H3. The van der Waals surface area contributed by atoms with Gasteiger partial charge < -0.3 is 4.90 Å². The Hall–Kier alpha value is -1.58. The highest BCUT2D eigenvalue weighted by Crippen LogP contribution is 2.12. The number of amides is 1. The van der Waals surface area contributed by atoms with Crippen molar-refractivity contribution in [3.8, 4) is 0 Å². The van der Waals surface area contributed by atoms with Crippen molar-refractivity contribution in [1.82, 2.24) is 24.6 Å². The molecule has 0 saturated carbocycles. The van der Waals surface area contributed by atoms with Crippen LogP contribution in [0.25, 0.3) is 0 Å². The maximum atomic E-state index is 12.4. The van der Waals surface area contributed by atoms with Crippen LogP contribution < -0.4 is 0 Å². The molecule has 0 radical (unpaired) electrons. The van der Waals surface area contributed by atoms with Crippen molar-refractivity contribution in [3.05, 3.63) is 28.7 Å². The molecule has 1 saturated heterocycles. The van der Waals surface area contributed by atoms with Crippen molar-refractivity contribution in [2.75, 3.05) is 32.4 Å². The van der Waals surface area contributed by atoms with E-state index in [1.807, 2.05) is 4.90 Å². The van der Waals surface area contributed by atoms with Gasteiger partial charge in [-0.25, -0.2) is 0 Å². The molecular weight excluding hydrogens is 334 g/mol. The number of hydrogen-bond acceptors (Lipinski definition) is 6. The van der Waals surface area contributed by atoms with Crippen LogP contribution in [0.3, 0.4) is 0 Å². The molecule has 0 aromatic carbocycles. The average Bonchev–Trinajstić information content (AvgIpc) is 3.19. The molecule has 3 heterocycles. The second-order valence-electron chi connectivity index (χ2n) is 5.48. The van der Waals surface area contributed by atoms with Crippen LogP contribution >= 0.6 is 11.3 Å². The molecule has 1 aliphatic heterocycles. The first-order chi connectivity index (χ1) is 11.1. The molecule has 9 heteroatoms. The van der Waals surface area contributed by atoms with Gasteiger partial charge in [-0.3, -0.25) is 18.5 Å². The van der Waals surface area contributed by atoms with Crippen molar-refractivity contribution in [2.45, 2.75) is 18.2 Å². The van der Waals surface area contributed by atoms with E-state index in [0.29, 0.717) is 5.16 Å². The lowest BCUT2D eigenvalue weighted by Gasteiger charge is -2.34. The van der Waals surface area contributed by atoms with Gasteiger partial charge in [0.05, 0.1) is 10.8 Å². The molecule has 1 fully saturated rings. The molecule has 2 aromatic rings. The van der Waals surface area contributed by atoms with Crippen LogP contribution in [0.4, 0.5) is 0 Å². The Kier molecular flexibility index (Phi) is 5.19. The lowest BCUT2D eigenvalue weighted by Crippen LogP contribution is -2.49. The van der Waals surface area contributed by atoms with Crippen LogP contribution in [0.15, 0.2) is 28.3 Å². The number of aromatic nitrogens is 3. The van der Waals surface area contributed by atoms with E-state index in [1.54, 1.807) is 15.9 Å². The van der Waals surface area contributed by atoms with Gasteiger partial charge in [0.2, 0.25) is 11.1 Å². The fraction of sp³-hybridized carbons (Fsp3) is 0.500. The van der Waals surface area contributed by atoms with Crippen molar-refractivity contribution < 1.29 is 9.00 Å². The second-order valence-corrected chi connectivity index (χ2v) is 7.54. The fourth-order valence-electron chi connectivity index (χ4n) is 2.62. The zero-order chi connectivity index (χ0) is 16.2. The molecule has 0 N–H and O–H groups in total. The summed E-state index contributed by atoms with van der Waals surface area (Å²) in [5.74, 6) is 0.0201. The Labute approximate surface area is 141 Å². The highest BCUT2D eigenvalue weighted by molar-refractivity contribution is 7.84. The van der Waals surface area contributed by atoms with Crippen molar-refractivity contribution >= 4 is 28.0 Å². The van der Waals surface area contributed by atoms with Crippen LogP contribution in [0.5, 0.6) is 0 Å². The lowest BCUT2D eigenvalue weighted by molar-refractivity contribution is -0.133. The number of carbonyl (C=O) groups excluding carboxylic acids is 1. The number of rotatable bonds is 5. The number of hydrogen-bond donors (Lipinski definition) is 0. The molecule has 7 nitrogen and oxygen atoms in total. The maximum Gasteiger partial charge on any atom is 0.242 e. The topological polar surface area (TPSA) is 71.3 Å². The van der Waals surface area contributed by atoms with Crippen LogP contribution in [-0.2, 0) is 28.7 Å². The van der Waals surface area contributed by atoms with Crippen LogP contribution in [-0.4, -0.2) is 67.1 Å². The highest BCUT2D eigenvalue weighted by Gasteiger charge is 2.22. The Morgan fingerprint density at radius 3 is 2.78 bits per heavy atom. The SMILES string of the molecule is CS(=O)c1nncn1CC(=O)N1CCN(Cc2ccsc2)CC1. The molecule has 0 aliphatic carbocycles. The number of thiophene rings is 1. The molecule has 1 atom stereocenters. The summed E-state index contributed by atoms with van der Waals surface area (Å²) in [5, 5.41) is 12.1. The van der Waals surface area contributed by atoms with Gasteiger partial charge in [-0.1, -0.05) is 0 Å². The van der Waals surface area contributed by atoms with E-state index in [2.05, 4.69) is 31.9 Å². The van der Waals surface area contributed by atoms with E-state index >= 15 is 0 Å². The number of piperazine rings is 1. The van der Waals surface area contributed by atoms with E-state index < -0.39 is 10.8 Å². The lowest BCUT2D eigenvalue weighted by atomic mass is 10.2. The smallest absolute Gasteiger partial charge is 0.242 e. The molecule has 0 spiro atoms. The molecule has 1 amide bonds. The highest BCUT2D eigenvalue weighted by atomic mass is 32.2. The summed E-state index contributed by atoms with van der Waals surface area (Å²) < 4.78 is 13.1. The summed E-state index contributed by atoms with van der Waals surface area (Å²) in [6.45, 7) is 4.26. The second kappa shape index (κ2) is 7.33. The molecule has 1 aliphatic rings. The third-order valence-corrected chi connectivity index (χ3v) is 5.42. The Morgan fingerprint density at radius 2 is 2.13 bits per heavy atom. The van der Waals surface area contributed by atoms with Gasteiger partial charge in [0.1, 0.15) is 12.9 Å². The molecule has 23 heavy (non-hydrogen) atoms. The minimum Gasteiger partial charge on any atom is -0.339 e. The van der Waals surface area contributed by atoms with Gasteiger partial charge >= 0.3 is 0 Å². The first kappa shape index (κ1) is 16.3.